The van der Waals surface area contributed by atoms with Crippen molar-refractivity contribution in [1.82, 2.24) is 10.2 Å². The monoisotopic (exact) mass is 268 g/mol. The highest BCUT2D eigenvalue weighted by atomic mass is 15.1. The molecule has 0 aromatic heterocycles. The number of nitrogens with one attached hydrogen (secondary N) is 1. The maximum absolute atomic E-state index is 3.75. The summed E-state index contributed by atoms with van der Waals surface area (Å²) >= 11 is 0. The van der Waals surface area contributed by atoms with Crippen molar-refractivity contribution >= 4 is 0 Å². The molecule has 1 fully saturated rings. The summed E-state index contributed by atoms with van der Waals surface area (Å²) in [7, 11) is 2.29. The fourth-order valence-corrected chi connectivity index (χ4v) is 3.41. The summed E-state index contributed by atoms with van der Waals surface area (Å²) in [5.41, 5.74) is 1.14. The molecule has 1 aliphatic carbocycles. The lowest BCUT2D eigenvalue weighted by Crippen LogP contribution is -2.48. The highest BCUT2D eigenvalue weighted by Crippen LogP contribution is 2.38. The van der Waals surface area contributed by atoms with Crippen LogP contribution in [0.25, 0.3) is 0 Å². The summed E-state index contributed by atoms with van der Waals surface area (Å²) in [4.78, 5) is 2.55. The molecule has 0 aromatic rings. The zero-order chi connectivity index (χ0) is 14.7. The molecule has 0 spiro atoms. The van der Waals surface area contributed by atoms with Crippen LogP contribution < -0.4 is 5.32 Å². The fourth-order valence-electron chi connectivity index (χ4n) is 3.41. The Morgan fingerprint density at radius 1 is 1.00 bits per heavy atom. The second-order valence-corrected chi connectivity index (χ2v) is 9.04. The smallest absolute Gasteiger partial charge is 0.00967 e. The Morgan fingerprint density at radius 2 is 1.53 bits per heavy atom. The Hall–Kier alpha value is -0.0800. The predicted molar refractivity (Wildman–Crippen MR) is 85.6 cm³/mol. The first-order valence-corrected chi connectivity index (χ1v) is 7.95. The number of hydrogen-bond acceptors (Lipinski definition) is 2. The minimum absolute atomic E-state index is 0.234. The summed E-state index contributed by atoms with van der Waals surface area (Å²) < 4.78 is 0. The second kappa shape index (κ2) is 6.13. The van der Waals surface area contributed by atoms with Gasteiger partial charge < -0.3 is 10.2 Å². The SMILES string of the molecule is CN(CC(C)(C)C)CC1(CNC(C)(C)C)CCCC1. The zero-order valence-corrected chi connectivity index (χ0v) is 14.4. The van der Waals surface area contributed by atoms with Crippen LogP contribution in [0.15, 0.2) is 0 Å². The van der Waals surface area contributed by atoms with E-state index in [9.17, 15) is 0 Å². The molecule has 0 aliphatic heterocycles. The van der Waals surface area contributed by atoms with Crippen molar-refractivity contribution in [1.29, 1.82) is 0 Å². The van der Waals surface area contributed by atoms with E-state index in [0.29, 0.717) is 10.8 Å². The first-order valence-electron chi connectivity index (χ1n) is 7.95. The standard InChI is InChI=1S/C17H36N2/c1-15(2,3)13-19(7)14-17(10-8-9-11-17)12-18-16(4,5)6/h18H,8-14H2,1-7H3. The molecule has 0 bridgehead atoms. The largest absolute Gasteiger partial charge is 0.311 e. The highest BCUT2D eigenvalue weighted by Gasteiger charge is 2.36. The predicted octanol–water partition coefficient (Wildman–Crippen LogP) is 3.91. The molecule has 1 rings (SSSR count). The van der Waals surface area contributed by atoms with Gasteiger partial charge in [0.1, 0.15) is 0 Å². The van der Waals surface area contributed by atoms with E-state index in [1.165, 1.54) is 45.3 Å². The lowest BCUT2D eigenvalue weighted by atomic mass is 9.84. The van der Waals surface area contributed by atoms with Gasteiger partial charge in [-0.2, -0.15) is 0 Å². The Balaban J connectivity index is 2.56. The van der Waals surface area contributed by atoms with E-state index in [1.54, 1.807) is 0 Å². The van der Waals surface area contributed by atoms with Gasteiger partial charge in [-0.15, -0.1) is 0 Å². The number of rotatable bonds is 5. The molecule has 0 radical (unpaired) electrons. The van der Waals surface area contributed by atoms with Gasteiger partial charge in [-0.3, -0.25) is 0 Å². The molecule has 1 saturated carbocycles. The van der Waals surface area contributed by atoms with Crippen LogP contribution in [0.4, 0.5) is 0 Å². The summed E-state index contributed by atoms with van der Waals surface area (Å²) in [6, 6.07) is 0. The summed E-state index contributed by atoms with van der Waals surface area (Å²) in [6.07, 6.45) is 5.61. The second-order valence-electron chi connectivity index (χ2n) is 9.04. The van der Waals surface area contributed by atoms with Crippen LogP contribution in [0.5, 0.6) is 0 Å². The number of nitrogens with zero attached hydrogens (tertiary/aromatic N) is 1. The highest BCUT2D eigenvalue weighted by molar-refractivity contribution is 4.91. The Kier molecular flexibility index (Phi) is 5.48. The van der Waals surface area contributed by atoms with E-state index in [1.807, 2.05) is 0 Å². The van der Waals surface area contributed by atoms with Crippen LogP contribution in [0.2, 0.25) is 0 Å². The van der Waals surface area contributed by atoms with E-state index in [4.69, 9.17) is 0 Å². The quantitative estimate of drug-likeness (QED) is 0.813. The van der Waals surface area contributed by atoms with Gasteiger partial charge >= 0.3 is 0 Å². The summed E-state index contributed by atoms with van der Waals surface area (Å²) in [5, 5.41) is 3.75. The molecule has 2 nitrogen and oxygen atoms in total. The third-order valence-corrected chi connectivity index (χ3v) is 4.01. The zero-order valence-electron chi connectivity index (χ0n) is 14.4. The van der Waals surface area contributed by atoms with E-state index >= 15 is 0 Å². The van der Waals surface area contributed by atoms with Crippen LogP contribution in [0, 0.1) is 10.8 Å². The maximum Gasteiger partial charge on any atom is 0.00967 e. The minimum Gasteiger partial charge on any atom is -0.311 e. The summed E-state index contributed by atoms with van der Waals surface area (Å²) in [5.74, 6) is 0. The first-order chi connectivity index (χ1) is 8.52. The lowest BCUT2D eigenvalue weighted by Gasteiger charge is -2.38. The Bertz CT molecular complexity index is 264. The molecule has 0 heterocycles. The molecular weight excluding hydrogens is 232 g/mol. The molecule has 114 valence electrons. The van der Waals surface area contributed by atoms with Gasteiger partial charge in [0.15, 0.2) is 0 Å². The van der Waals surface area contributed by atoms with E-state index < -0.39 is 0 Å². The molecule has 1 aliphatic rings. The molecule has 2 heteroatoms. The molecule has 19 heavy (non-hydrogen) atoms. The van der Waals surface area contributed by atoms with Gasteiger partial charge in [-0.25, -0.2) is 0 Å². The fraction of sp³-hybridized carbons (Fsp3) is 1.00. The number of hydrogen-bond donors (Lipinski definition) is 1. The third kappa shape index (κ3) is 6.76. The Labute approximate surface area is 121 Å². The molecule has 0 saturated heterocycles. The van der Waals surface area contributed by atoms with Gasteiger partial charge in [0, 0.05) is 25.2 Å². The molecular formula is C17H36N2. The van der Waals surface area contributed by atoms with Gasteiger partial charge in [0.05, 0.1) is 0 Å². The normalized spacial score (nSPS) is 20.2. The van der Waals surface area contributed by atoms with Crippen molar-refractivity contribution in [2.45, 2.75) is 72.8 Å². The van der Waals surface area contributed by atoms with Crippen LogP contribution in [-0.2, 0) is 0 Å². The topological polar surface area (TPSA) is 15.3 Å². The van der Waals surface area contributed by atoms with Crippen molar-refractivity contribution in [3.63, 3.8) is 0 Å². The third-order valence-electron chi connectivity index (χ3n) is 4.01. The van der Waals surface area contributed by atoms with Crippen molar-refractivity contribution < 1.29 is 0 Å². The van der Waals surface area contributed by atoms with Crippen molar-refractivity contribution in [2.75, 3.05) is 26.7 Å². The molecule has 0 aromatic carbocycles. The van der Waals surface area contributed by atoms with E-state index in [2.05, 4.69) is 58.8 Å². The van der Waals surface area contributed by atoms with Crippen LogP contribution >= 0.6 is 0 Å². The van der Waals surface area contributed by atoms with Crippen molar-refractivity contribution in [2.24, 2.45) is 10.8 Å². The Morgan fingerprint density at radius 3 is 1.95 bits per heavy atom. The minimum atomic E-state index is 0.234. The average molecular weight is 268 g/mol. The van der Waals surface area contributed by atoms with Crippen LogP contribution in [0.1, 0.15) is 67.2 Å². The van der Waals surface area contributed by atoms with E-state index in [0.717, 1.165) is 0 Å². The van der Waals surface area contributed by atoms with Crippen LogP contribution in [-0.4, -0.2) is 37.1 Å². The van der Waals surface area contributed by atoms with Gasteiger partial charge in [0.2, 0.25) is 0 Å². The van der Waals surface area contributed by atoms with Crippen LogP contribution in [0.3, 0.4) is 0 Å². The molecule has 0 unspecified atom stereocenters. The lowest BCUT2D eigenvalue weighted by molar-refractivity contribution is 0.131. The van der Waals surface area contributed by atoms with Gasteiger partial charge in [0.25, 0.3) is 0 Å². The summed E-state index contributed by atoms with van der Waals surface area (Å²) in [6.45, 7) is 17.4. The van der Waals surface area contributed by atoms with Crippen molar-refractivity contribution in [3.05, 3.63) is 0 Å². The molecule has 1 N–H and O–H groups in total. The van der Waals surface area contributed by atoms with Gasteiger partial charge in [-0.05, 0) is 51.5 Å². The average Bonchev–Trinajstić information content (AvgIpc) is 2.60. The molecule has 0 amide bonds. The van der Waals surface area contributed by atoms with Crippen molar-refractivity contribution in [3.8, 4) is 0 Å². The van der Waals surface area contributed by atoms with Gasteiger partial charge in [-0.1, -0.05) is 33.6 Å². The van der Waals surface area contributed by atoms with E-state index in [-0.39, 0.29) is 5.54 Å². The maximum atomic E-state index is 3.75. The first kappa shape index (κ1) is 17.0. The molecule has 0 atom stereocenters.